The molecule has 1 N–H and O–H groups in total. The second kappa shape index (κ2) is 9.59. The molecule has 2 saturated heterocycles. The smallest absolute Gasteiger partial charge is 0.228 e. The van der Waals surface area contributed by atoms with Gasteiger partial charge in [-0.05, 0) is 43.3 Å². The average molecular weight is 416 g/mol. The van der Waals surface area contributed by atoms with Crippen molar-refractivity contribution in [1.82, 2.24) is 10.2 Å². The summed E-state index contributed by atoms with van der Waals surface area (Å²) in [5, 5.41) is 5.59. The van der Waals surface area contributed by atoms with E-state index >= 15 is 0 Å². The Kier molecular flexibility index (Phi) is 7.14. The van der Waals surface area contributed by atoms with E-state index in [2.05, 4.69) is 24.4 Å². The first-order valence-electron chi connectivity index (χ1n) is 10.4. The molecule has 2 amide bonds. The van der Waals surface area contributed by atoms with Crippen molar-refractivity contribution >= 4 is 40.7 Å². The fraction of sp³-hybridized carbons (Fsp3) is 0.478. The van der Waals surface area contributed by atoms with Crippen molar-refractivity contribution in [3.8, 4) is 0 Å². The lowest BCUT2D eigenvalue weighted by Gasteiger charge is -2.33. The van der Waals surface area contributed by atoms with Gasteiger partial charge in [0, 0.05) is 31.4 Å². The highest BCUT2D eigenvalue weighted by Gasteiger charge is 2.38. The summed E-state index contributed by atoms with van der Waals surface area (Å²) >= 11 is 0. The third-order valence-corrected chi connectivity index (χ3v) is 6.14. The zero-order chi connectivity index (χ0) is 19.5. The molecule has 5 nitrogen and oxygen atoms in total. The van der Waals surface area contributed by atoms with E-state index in [1.165, 1.54) is 0 Å². The Morgan fingerprint density at radius 3 is 2.59 bits per heavy atom. The van der Waals surface area contributed by atoms with Gasteiger partial charge in [-0.2, -0.15) is 0 Å². The average Bonchev–Trinajstić information content (AvgIpc) is 3.13. The Labute approximate surface area is 178 Å². The lowest BCUT2D eigenvalue weighted by atomic mass is 9.95. The lowest BCUT2D eigenvalue weighted by Crippen LogP contribution is -2.44. The van der Waals surface area contributed by atoms with Crippen molar-refractivity contribution < 1.29 is 9.59 Å². The standard InChI is InChI=1S/C23H29N3O2.ClH/c1-2-24-15-17-10-12-25(13-11-17)23(28)19-14-22(27)26(16-19)21-9-5-7-18-6-3-4-8-20(18)21;/h3-9,17,19,24H,2,10-16H2,1H3;1H. The predicted octanol–water partition coefficient (Wildman–Crippen LogP) is 3.46. The summed E-state index contributed by atoms with van der Waals surface area (Å²) < 4.78 is 0. The van der Waals surface area contributed by atoms with Gasteiger partial charge in [-0.1, -0.05) is 43.3 Å². The largest absolute Gasteiger partial charge is 0.342 e. The number of benzene rings is 2. The van der Waals surface area contributed by atoms with E-state index in [0.717, 1.165) is 55.5 Å². The number of nitrogens with one attached hydrogen (secondary N) is 1. The van der Waals surface area contributed by atoms with E-state index < -0.39 is 0 Å². The molecule has 156 valence electrons. The third-order valence-electron chi connectivity index (χ3n) is 6.14. The van der Waals surface area contributed by atoms with Crippen LogP contribution in [0.4, 0.5) is 5.69 Å². The number of carbonyl (C=O) groups excluding carboxylic acids is 2. The lowest BCUT2D eigenvalue weighted by molar-refractivity contribution is -0.137. The van der Waals surface area contributed by atoms with Gasteiger partial charge in [0.25, 0.3) is 0 Å². The molecule has 2 aromatic rings. The molecule has 1 atom stereocenters. The molecule has 2 fully saturated rings. The van der Waals surface area contributed by atoms with Crippen LogP contribution in [-0.4, -0.2) is 49.4 Å². The van der Waals surface area contributed by atoms with Crippen LogP contribution in [0.5, 0.6) is 0 Å². The molecule has 0 radical (unpaired) electrons. The highest BCUT2D eigenvalue weighted by molar-refractivity contribution is 6.07. The highest BCUT2D eigenvalue weighted by Crippen LogP contribution is 2.32. The minimum absolute atomic E-state index is 0. The van der Waals surface area contributed by atoms with Crippen LogP contribution in [0, 0.1) is 11.8 Å². The van der Waals surface area contributed by atoms with E-state index in [1.54, 1.807) is 0 Å². The van der Waals surface area contributed by atoms with Crippen LogP contribution in [0.1, 0.15) is 26.2 Å². The summed E-state index contributed by atoms with van der Waals surface area (Å²) in [6, 6.07) is 14.1. The van der Waals surface area contributed by atoms with Gasteiger partial charge in [-0.25, -0.2) is 0 Å². The van der Waals surface area contributed by atoms with Gasteiger partial charge >= 0.3 is 0 Å². The number of fused-ring (bicyclic) bond motifs is 1. The first-order valence-corrected chi connectivity index (χ1v) is 10.4. The summed E-state index contributed by atoms with van der Waals surface area (Å²) in [4.78, 5) is 29.6. The molecular formula is C23H30ClN3O2. The van der Waals surface area contributed by atoms with Gasteiger partial charge in [-0.15, -0.1) is 12.4 Å². The maximum atomic E-state index is 13.0. The number of amides is 2. The van der Waals surface area contributed by atoms with Crippen LogP contribution in [0.25, 0.3) is 10.8 Å². The molecule has 29 heavy (non-hydrogen) atoms. The van der Waals surface area contributed by atoms with Crippen LogP contribution in [-0.2, 0) is 9.59 Å². The van der Waals surface area contributed by atoms with E-state index in [1.807, 2.05) is 40.1 Å². The summed E-state index contributed by atoms with van der Waals surface area (Å²) in [7, 11) is 0. The van der Waals surface area contributed by atoms with Crippen molar-refractivity contribution in [3.05, 3.63) is 42.5 Å². The van der Waals surface area contributed by atoms with Crippen LogP contribution in [0.3, 0.4) is 0 Å². The Balaban J connectivity index is 0.00000240. The monoisotopic (exact) mass is 415 g/mol. The second-order valence-corrected chi connectivity index (χ2v) is 7.98. The first-order chi connectivity index (χ1) is 13.7. The number of nitrogens with zero attached hydrogens (tertiary/aromatic N) is 2. The van der Waals surface area contributed by atoms with E-state index in [4.69, 9.17) is 0 Å². The molecule has 2 heterocycles. The molecule has 0 bridgehead atoms. The van der Waals surface area contributed by atoms with Crippen molar-refractivity contribution in [1.29, 1.82) is 0 Å². The molecule has 0 aliphatic carbocycles. The third kappa shape index (κ3) is 4.57. The van der Waals surface area contributed by atoms with Gasteiger partial charge in [0.15, 0.2) is 0 Å². The van der Waals surface area contributed by atoms with Gasteiger partial charge in [-0.3, -0.25) is 9.59 Å². The molecule has 6 heteroatoms. The number of hydrogen-bond acceptors (Lipinski definition) is 3. The number of carbonyl (C=O) groups is 2. The molecular weight excluding hydrogens is 386 g/mol. The summed E-state index contributed by atoms with van der Waals surface area (Å²) in [5.41, 5.74) is 0.919. The first kappa shape index (κ1) is 21.6. The quantitative estimate of drug-likeness (QED) is 0.813. The van der Waals surface area contributed by atoms with Gasteiger partial charge in [0.1, 0.15) is 0 Å². The zero-order valence-corrected chi connectivity index (χ0v) is 17.8. The fourth-order valence-corrected chi connectivity index (χ4v) is 4.51. The van der Waals surface area contributed by atoms with Crippen molar-refractivity contribution in [3.63, 3.8) is 0 Å². The fourth-order valence-electron chi connectivity index (χ4n) is 4.51. The number of likely N-dealkylation sites (tertiary alicyclic amines) is 1. The Hall–Kier alpha value is -2.11. The second-order valence-electron chi connectivity index (χ2n) is 7.98. The van der Waals surface area contributed by atoms with Crippen LogP contribution < -0.4 is 10.2 Å². The predicted molar refractivity (Wildman–Crippen MR) is 120 cm³/mol. The van der Waals surface area contributed by atoms with Gasteiger partial charge < -0.3 is 15.1 Å². The summed E-state index contributed by atoms with van der Waals surface area (Å²) in [5.74, 6) is 0.632. The SMILES string of the molecule is CCNCC1CCN(C(=O)C2CC(=O)N(c3cccc4ccccc34)C2)CC1.Cl. The summed E-state index contributed by atoms with van der Waals surface area (Å²) in [6.07, 6.45) is 2.41. The number of hydrogen-bond donors (Lipinski definition) is 1. The summed E-state index contributed by atoms with van der Waals surface area (Å²) in [6.45, 7) is 6.27. The minimum Gasteiger partial charge on any atom is -0.342 e. The molecule has 0 spiro atoms. The van der Waals surface area contributed by atoms with E-state index in [9.17, 15) is 9.59 Å². The molecule has 2 aromatic carbocycles. The van der Waals surface area contributed by atoms with Crippen molar-refractivity contribution in [2.75, 3.05) is 37.6 Å². The van der Waals surface area contributed by atoms with Crippen LogP contribution >= 0.6 is 12.4 Å². The van der Waals surface area contributed by atoms with E-state index in [0.29, 0.717) is 18.9 Å². The van der Waals surface area contributed by atoms with Crippen LogP contribution in [0.2, 0.25) is 0 Å². The maximum absolute atomic E-state index is 13.0. The Morgan fingerprint density at radius 1 is 1.10 bits per heavy atom. The molecule has 2 aliphatic rings. The van der Waals surface area contributed by atoms with Crippen LogP contribution in [0.15, 0.2) is 42.5 Å². The number of piperidine rings is 1. The van der Waals surface area contributed by atoms with Crippen molar-refractivity contribution in [2.24, 2.45) is 11.8 Å². The molecule has 1 unspecified atom stereocenters. The normalized spacial score (nSPS) is 20.2. The minimum atomic E-state index is -0.225. The van der Waals surface area contributed by atoms with E-state index in [-0.39, 0.29) is 30.1 Å². The zero-order valence-electron chi connectivity index (χ0n) is 17.0. The van der Waals surface area contributed by atoms with Crippen molar-refractivity contribution in [2.45, 2.75) is 26.2 Å². The topological polar surface area (TPSA) is 52.7 Å². The maximum Gasteiger partial charge on any atom is 0.228 e. The Bertz CT molecular complexity index is 859. The highest BCUT2D eigenvalue weighted by atomic mass is 35.5. The Morgan fingerprint density at radius 2 is 1.83 bits per heavy atom. The number of anilines is 1. The number of rotatable bonds is 5. The molecule has 0 saturated carbocycles. The molecule has 0 aromatic heterocycles. The molecule has 2 aliphatic heterocycles. The van der Waals surface area contributed by atoms with Gasteiger partial charge in [0.2, 0.25) is 11.8 Å². The molecule has 4 rings (SSSR count). The number of halogens is 1. The van der Waals surface area contributed by atoms with Gasteiger partial charge in [0.05, 0.1) is 11.6 Å².